The first-order chi connectivity index (χ1) is 11.1. The first-order valence-corrected chi connectivity index (χ1v) is 7.22. The van der Waals surface area contributed by atoms with Crippen LogP contribution in [0, 0.1) is 0 Å². The van der Waals surface area contributed by atoms with Crippen LogP contribution in [-0.2, 0) is 37.4 Å². The van der Waals surface area contributed by atoms with Crippen LogP contribution in [0.25, 0.3) is 5.73 Å². The number of morpholine rings is 1. The van der Waals surface area contributed by atoms with Crippen molar-refractivity contribution in [3.8, 4) is 0 Å². The summed E-state index contributed by atoms with van der Waals surface area (Å²) in [5.41, 5.74) is 14.7. The van der Waals surface area contributed by atoms with Crippen LogP contribution in [0.5, 0.6) is 0 Å². The van der Waals surface area contributed by atoms with Gasteiger partial charge in [-0.1, -0.05) is 0 Å². The van der Waals surface area contributed by atoms with Crippen molar-refractivity contribution < 1.29 is 42.2 Å². The molecule has 1 aromatic heterocycles. The molecule has 1 fully saturated rings. The van der Waals surface area contributed by atoms with Gasteiger partial charge in [0.2, 0.25) is 5.91 Å². The first kappa shape index (κ1) is 21.3. The van der Waals surface area contributed by atoms with Gasteiger partial charge >= 0.3 is 0 Å². The number of amides is 1. The van der Waals surface area contributed by atoms with Crippen molar-refractivity contribution in [2.24, 2.45) is 5.73 Å². The van der Waals surface area contributed by atoms with E-state index in [0.29, 0.717) is 0 Å². The van der Waals surface area contributed by atoms with Crippen LogP contribution in [0.4, 0.5) is 23.1 Å². The van der Waals surface area contributed by atoms with Crippen LogP contribution in [0.1, 0.15) is 10.4 Å². The molecule has 8 nitrogen and oxygen atoms in total. The molecule has 3 rings (SSSR count). The number of carbonyl (C=O) groups excluding carboxylic acids is 1. The van der Waals surface area contributed by atoms with E-state index in [1.54, 1.807) is 0 Å². The van der Waals surface area contributed by atoms with E-state index in [4.69, 9.17) is 16.2 Å². The van der Waals surface area contributed by atoms with Crippen molar-refractivity contribution in [1.29, 1.82) is 0 Å². The molecule has 1 aliphatic heterocycles. The van der Waals surface area contributed by atoms with Crippen LogP contribution in [0.3, 0.4) is 0 Å². The molecule has 2 aromatic rings. The minimum absolute atomic E-state index is 0. The maximum absolute atomic E-state index is 11.1. The molecule has 10 heteroatoms. The number of primary amides is 1. The minimum atomic E-state index is -0.712. The third-order valence-corrected chi connectivity index (χ3v) is 3.55. The quantitative estimate of drug-likeness (QED) is 0.734. The van der Waals surface area contributed by atoms with E-state index in [0.717, 1.165) is 37.7 Å². The number of nitrogens with zero attached hydrogens (tertiary/aromatic N) is 3. The Kier molecular flexibility index (Phi) is 8.28. The Bertz CT molecular complexity index is 710. The fourth-order valence-corrected chi connectivity index (χ4v) is 2.33. The Morgan fingerprint density at radius 3 is 2.44 bits per heavy atom. The van der Waals surface area contributed by atoms with Gasteiger partial charge in [0.1, 0.15) is 5.95 Å². The SMILES string of the molecule is [B].[NH-]c1nc(Nc2ccc(N3CCOCC3)cc2)ncc1C(N)=O.[Y]. The molecule has 1 amide bonds. The van der Waals surface area contributed by atoms with E-state index < -0.39 is 5.91 Å². The number of rotatable bonds is 4. The average Bonchev–Trinajstić information content (AvgIpc) is 2.56. The number of carbonyl (C=O) groups is 1. The zero-order chi connectivity index (χ0) is 16.2. The van der Waals surface area contributed by atoms with Crippen LogP contribution in [0.2, 0.25) is 0 Å². The smallest absolute Gasteiger partial charge is 0.250 e. The summed E-state index contributed by atoms with van der Waals surface area (Å²) >= 11 is 0. The van der Waals surface area contributed by atoms with Crippen molar-refractivity contribution in [1.82, 2.24) is 9.97 Å². The molecule has 25 heavy (non-hydrogen) atoms. The van der Waals surface area contributed by atoms with E-state index in [2.05, 4.69) is 20.2 Å². The molecule has 1 aliphatic rings. The van der Waals surface area contributed by atoms with Crippen LogP contribution in [-0.4, -0.2) is 50.6 Å². The second-order valence-corrected chi connectivity index (χ2v) is 5.09. The Hall–Kier alpha value is -1.70. The number of hydrogen-bond acceptors (Lipinski definition) is 6. The molecule has 0 saturated carbocycles. The van der Waals surface area contributed by atoms with Gasteiger partial charge in [0.25, 0.3) is 0 Å². The molecule has 126 valence electrons. The monoisotopic (exact) mass is 413 g/mol. The molecule has 0 atom stereocenters. The summed E-state index contributed by atoms with van der Waals surface area (Å²) < 4.78 is 5.34. The van der Waals surface area contributed by atoms with Gasteiger partial charge < -0.3 is 31.4 Å². The molecule has 4 radical (unpaired) electrons. The maximum Gasteiger partial charge on any atom is 0.250 e. The maximum atomic E-state index is 11.1. The molecule has 4 N–H and O–H groups in total. The molecule has 0 unspecified atom stereocenters. The number of ether oxygens (including phenoxy) is 1. The molecular formula is C15H17BN6O2Y-. The standard InChI is InChI=1S/C15H18N6O2.B.Y/c16-13-12(14(17)22)9-18-15(20-13)19-10-1-3-11(4-2-10)21-5-7-23-8-6-21;;/h1-4,9H,5-8H2,(H5,16,17,18,19,20,22);;/p-1. The van der Waals surface area contributed by atoms with Crippen molar-refractivity contribution in [3.63, 3.8) is 0 Å². The largest absolute Gasteiger partial charge is 0.481 e. The summed E-state index contributed by atoms with van der Waals surface area (Å²) in [6.07, 6.45) is 1.25. The predicted octanol–water partition coefficient (Wildman–Crippen LogP) is 1.46. The Balaban J connectivity index is 0.00000156. The topological polar surface area (TPSA) is 117 Å². The number of aromatic nitrogens is 2. The summed E-state index contributed by atoms with van der Waals surface area (Å²) in [4.78, 5) is 21.2. The summed E-state index contributed by atoms with van der Waals surface area (Å²) in [6, 6.07) is 7.85. The fraction of sp³-hybridized carbons (Fsp3) is 0.267. The number of benzene rings is 1. The zero-order valence-electron chi connectivity index (χ0n) is 13.6. The second-order valence-electron chi connectivity index (χ2n) is 5.09. The predicted molar refractivity (Wildman–Crippen MR) is 93.0 cm³/mol. The Morgan fingerprint density at radius 2 is 1.88 bits per heavy atom. The van der Waals surface area contributed by atoms with E-state index in [9.17, 15) is 4.79 Å². The van der Waals surface area contributed by atoms with Crippen molar-refractivity contribution in [2.45, 2.75) is 0 Å². The summed E-state index contributed by atoms with van der Waals surface area (Å²) in [5, 5.41) is 3.00. The van der Waals surface area contributed by atoms with Crippen LogP contribution >= 0.6 is 0 Å². The second kappa shape index (κ2) is 9.70. The van der Waals surface area contributed by atoms with E-state index >= 15 is 0 Å². The van der Waals surface area contributed by atoms with Gasteiger partial charge in [0.05, 0.1) is 18.8 Å². The number of nitrogens with two attached hydrogens (primary N) is 1. The van der Waals surface area contributed by atoms with Gasteiger partial charge in [-0.3, -0.25) is 4.79 Å². The first-order valence-electron chi connectivity index (χ1n) is 7.22. The van der Waals surface area contributed by atoms with Crippen LogP contribution < -0.4 is 16.0 Å². The third-order valence-electron chi connectivity index (χ3n) is 3.55. The normalized spacial score (nSPS) is 13.4. The summed E-state index contributed by atoms with van der Waals surface area (Å²) in [5.74, 6) is -0.657. The molecule has 0 bridgehead atoms. The molecule has 2 heterocycles. The van der Waals surface area contributed by atoms with Crippen molar-refractivity contribution in [2.75, 3.05) is 36.5 Å². The van der Waals surface area contributed by atoms with Crippen LogP contribution in [0.15, 0.2) is 30.5 Å². The van der Waals surface area contributed by atoms with E-state index in [1.165, 1.54) is 6.20 Å². The molecule has 1 aromatic carbocycles. The molecule has 1 saturated heterocycles. The zero-order valence-corrected chi connectivity index (χ0v) is 16.4. The minimum Gasteiger partial charge on any atom is -0.481 e. The molecular weight excluding hydrogens is 396 g/mol. The van der Waals surface area contributed by atoms with Gasteiger partial charge in [-0.15, -0.1) is 0 Å². The average molecular weight is 413 g/mol. The number of hydrogen-bond donors (Lipinski definition) is 2. The number of anilines is 3. The van der Waals surface area contributed by atoms with E-state index in [1.807, 2.05) is 24.3 Å². The number of nitrogens with one attached hydrogen (secondary N) is 2. The van der Waals surface area contributed by atoms with Gasteiger partial charge in [-0.05, 0) is 30.1 Å². The van der Waals surface area contributed by atoms with Crippen molar-refractivity contribution in [3.05, 3.63) is 41.8 Å². The molecule has 0 spiro atoms. The summed E-state index contributed by atoms with van der Waals surface area (Å²) in [7, 11) is 0. The third kappa shape index (κ3) is 5.39. The fourth-order valence-electron chi connectivity index (χ4n) is 2.33. The molecule has 0 aliphatic carbocycles. The van der Waals surface area contributed by atoms with Gasteiger partial charge in [-0.25, -0.2) is 4.98 Å². The van der Waals surface area contributed by atoms with Gasteiger partial charge in [0, 0.05) is 71.8 Å². The Morgan fingerprint density at radius 1 is 1.24 bits per heavy atom. The van der Waals surface area contributed by atoms with Gasteiger partial charge in [0.15, 0.2) is 0 Å². The van der Waals surface area contributed by atoms with E-state index in [-0.39, 0.29) is 58.5 Å². The Labute approximate surface area is 173 Å². The van der Waals surface area contributed by atoms with Crippen molar-refractivity contribution >= 4 is 37.5 Å². The summed E-state index contributed by atoms with van der Waals surface area (Å²) in [6.45, 7) is 3.25. The van der Waals surface area contributed by atoms with Gasteiger partial charge in [-0.2, -0.15) is 0 Å².